The molecule has 0 heterocycles. The topological polar surface area (TPSA) is 32.3 Å². The van der Waals surface area contributed by atoms with Crippen LogP contribution >= 0.6 is 0 Å². The lowest BCUT2D eigenvalue weighted by Gasteiger charge is -2.10. The highest BCUT2D eigenvalue weighted by atomic mass is 16.1. The maximum absolute atomic E-state index is 11.6. The molecule has 0 aliphatic heterocycles. The third-order valence-corrected chi connectivity index (χ3v) is 2.68. The van der Waals surface area contributed by atoms with E-state index >= 15 is 0 Å². The number of hydrogen-bond donors (Lipinski definition) is 1. The van der Waals surface area contributed by atoms with Gasteiger partial charge in [-0.3, -0.25) is 4.79 Å². The number of benzene rings is 1. The van der Waals surface area contributed by atoms with Crippen LogP contribution < -0.4 is 5.32 Å². The Bertz CT molecular complexity index is 344. The molecular weight excluding hydrogens is 212 g/mol. The Morgan fingerprint density at radius 3 is 2.29 bits per heavy atom. The molecule has 3 nitrogen and oxygen atoms in total. The molecule has 0 aliphatic rings. The number of amides is 1. The first-order valence-electron chi connectivity index (χ1n) is 6.11. The van der Waals surface area contributed by atoms with Gasteiger partial charge in [0.1, 0.15) is 0 Å². The van der Waals surface area contributed by atoms with Crippen LogP contribution in [0.3, 0.4) is 0 Å². The van der Waals surface area contributed by atoms with Gasteiger partial charge in [-0.05, 0) is 31.6 Å². The molecule has 94 valence electrons. The van der Waals surface area contributed by atoms with Crippen molar-refractivity contribution in [2.45, 2.75) is 19.8 Å². The molecule has 0 aromatic heterocycles. The van der Waals surface area contributed by atoms with Crippen molar-refractivity contribution in [1.29, 1.82) is 0 Å². The summed E-state index contributed by atoms with van der Waals surface area (Å²) in [7, 11) is 3.99. The van der Waals surface area contributed by atoms with Gasteiger partial charge in [0.25, 0.3) is 0 Å². The Hall–Kier alpha value is -1.35. The van der Waals surface area contributed by atoms with Crippen LogP contribution in [0.5, 0.6) is 0 Å². The van der Waals surface area contributed by atoms with Crippen molar-refractivity contribution in [3.8, 4) is 0 Å². The van der Waals surface area contributed by atoms with Crippen LogP contribution in [0.25, 0.3) is 0 Å². The van der Waals surface area contributed by atoms with Gasteiger partial charge in [-0.25, -0.2) is 0 Å². The molecule has 0 aliphatic carbocycles. The molecule has 0 radical (unpaired) electrons. The fourth-order valence-electron chi connectivity index (χ4n) is 1.56. The van der Waals surface area contributed by atoms with E-state index in [1.54, 1.807) is 0 Å². The highest BCUT2D eigenvalue weighted by molar-refractivity contribution is 5.78. The van der Waals surface area contributed by atoms with Gasteiger partial charge in [-0.1, -0.05) is 31.2 Å². The zero-order chi connectivity index (χ0) is 12.7. The Labute approximate surface area is 104 Å². The van der Waals surface area contributed by atoms with Gasteiger partial charge in [0.15, 0.2) is 0 Å². The third-order valence-electron chi connectivity index (χ3n) is 2.68. The number of aryl methyl sites for hydroxylation is 1. The molecule has 1 aromatic carbocycles. The molecule has 17 heavy (non-hydrogen) atoms. The first kappa shape index (κ1) is 13.7. The number of rotatable bonds is 6. The van der Waals surface area contributed by atoms with Gasteiger partial charge in [0, 0.05) is 13.1 Å². The standard InChI is InChI=1S/C14H22N2O/c1-4-12-5-7-13(8-6-12)11-14(17)15-9-10-16(2)3/h5-8H,4,9-11H2,1-3H3,(H,15,17). The van der Waals surface area contributed by atoms with Gasteiger partial charge in [0.2, 0.25) is 5.91 Å². The lowest BCUT2D eigenvalue weighted by atomic mass is 10.1. The Morgan fingerprint density at radius 2 is 1.76 bits per heavy atom. The average molecular weight is 234 g/mol. The SMILES string of the molecule is CCc1ccc(CC(=O)NCCN(C)C)cc1. The average Bonchev–Trinajstić information content (AvgIpc) is 2.29. The van der Waals surface area contributed by atoms with Gasteiger partial charge in [-0.2, -0.15) is 0 Å². The summed E-state index contributed by atoms with van der Waals surface area (Å²) in [6, 6.07) is 8.24. The van der Waals surface area contributed by atoms with Crippen molar-refractivity contribution in [1.82, 2.24) is 10.2 Å². The lowest BCUT2D eigenvalue weighted by Crippen LogP contribution is -2.32. The molecule has 0 bridgehead atoms. The Balaban J connectivity index is 2.34. The molecule has 1 rings (SSSR count). The van der Waals surface area contributed by atoms with E-state index in [0.717, 1.165) is 18.5 Å². The molecule has 3 heteroatoms. The van der Waals surface area contributed by atoms with E-state index in [1.165, 1.54) is 5.56 Å². The zero-order valence-electron chi connectivity index (χ0n) is 11.0. The van der Waals surface area contributed by atoms with E-state index in [9.17, 15) is 4.79 Å². The number of nitrogens with one attached hydrogen (secondary N) is 1. The molecular formula is C14H22N2O. The predicted octanol–water partition coefficient (Wildman–Crippen LogP) is 1.47. The first-order valence-corrected chi connectivity index (χ1v) is 6.11. The smallest absolute Gasteiger partial charge is 0.224 e. The maximum atomic E-state index is 11.6. The largest absolute Gasteiger partial charge is 0.355 e. The summed E-state index contributed by atoms with van der Waals surface area (Å²) in [6.07, 6.45) is 1.51. The van der Waals surface area contributed by atoms with Crippen molar-refractivity contribution in [2.24, 2.45) is 0 Å². The second kappa shape index (κ2) is 7.07. The summed E-state index contributed by atoms with van der Waals surface area (Å²) in [4.78, 5) is 13.7. The highest BCUT2D eigenvalue weighted by Gasteiger charge is 2.02. The van der Waals surface area contributed by atoms with Crippen LogP contribution in [0.2, 0.25) is 0 Å². The summed E-state index contributed by atoms with van der Waals surface area (Å²) >= 11 is 0. The van der Waals surface area contributed by atoms with Crippen LogP contribution in [0.15, 0.2) is 24.3 Å². The summed E-state index contributed by atoms with van der Waals surface area (Å²) in [6.45, 7) is 3.71. The number of nitrogens with zero attached hydrogens (tertiary/aromatic N) is 1. The first-order chi connectivity index (χ1) is 8.11. The van der Waals surface area contributed by atoms with E-state index < -0.39 is 0 Å². The van der Waals surface area contributed by atoms with E-state index in [0.29, 0.717) is 13.0 Å². The molecule has 0 fully saturated rings. The summed E-state index contributed by atoms with van der Waals surface area (Å²) < 4.78 is 0. The number of likely N-dealkylation sites (N-methyl/N-ethyl adjacent to an activating group) is 1. The molecule has 0 unspecified atom stereocenters. The molecule has 1 aromatic rings. The fourth-order valence-corrected chi connectivity index (χ4v) is 1.56. The number of carbonyl (C=O) groups is 1. The van der Waals surface area contributed by atoms with Gasteiger partial charge in [0.05, 0.1) is 6.42 Å². The molecule has 1 amide bonds. The normalized spacial score (nSPS) is 10.6. The van der Waals surface area contributed by atoms with E-state index in [1.807, 2.05) is 26.2 Å². The summed E-state index contributed by atoms with van der Waals surface area (Å²) in [5.41, 5.74) is 2.38. The molecule has 0 saturated heterocycles. The van der Waals surface area contributed by atoms with E-state index in [4.69, 9.17) is 0 Å². The summed E-state index contributed by atoms with van der Waals surface area (Å²) in [5.74, 6) is 0.0936. The fraction of sp³-hybridized carbons (Fsp3) is 0.500. The van der Waals surface area contributed by atoms with Gasteiger partial charge in [-0.15, -0.1) is 0 Å². The maximum Gasteiger partial charge on any atom is 0.224 e. The minimum Gasteiger partial charge on any atom is -0.355 e. The second-order valence-electron chi connectivity index (χ2n) is 4.50. The molecule has 0 spiro atoms. The lowest BCUT2D eigenvalue weighted by molar-refractivity contribution is -0.120. The summed E-state index contributed by atoms with van der Waals surface area (Å²) in [5, 5.41) is 2.91. The van der Waals surface area contributed by atoms with Crippen LogP contribution in [-0.4, -0.2) is 38.0 Å². The second-order valence-corrected chi connectivity index (χ2v) is 4.50. The molecule has 1 N–H and O–H groups in total. The zero-order valence-corrected chi connectivity index (χ0v) is 11.0. The van der Waals surface area contributed by atoms with Crippen LogP contribution in [0.4, 0.5) is 0 Å². The third kappa shape index (κ3) is 5.50. The van der Waals surface area contributed by atoms with Gasteiger partial charge >= 0.3 is 0 Å². The van der Waals surface area contributed by atoms with E-state index in [-0.39, 0.29) is 5.91 Å². The molecule has 0 saturated carbocycles. The minimum absolute atomic E-state index is 0.0936. The van der Waals surface area contributed by atoms with Gasteiger partial charge < -0.3 is 10.2 Å². The number of hydrogen-bond acceptors (Lipinski definition) is 2. The van der Waals surface area contributed by atoms with Crippen molar-refractivity contribution in [3.63, 3.8) is 0 Å². The van der Waals surface area contributed by atoms with Crippen LogP contribution in [-0.2, 0) is 17.6 Å². The van der Waals surface area contributed by atoms with E-state index in [2.05, 4.69) is 29.3 Å². The van der Waals surface area contributed by atoms with Crippen molar-refractivity contribution in [3.05, 3.63) is 35.4 Å². The Kier molecular flexibility index (Phi) is 5.70. The van der Waals surface area contributed by atoms with Crippen molar-refractivity contribution < 1.29 is 4.79 Å². The highest BCUT2D eigenvalue weighted by Crippen LogP contribution is 2.05. The quantitative estimate of drug-likeness (QED) is 0.808. The van der Waals surface area contributed by atoms with Crippen LogP contribution in [0, 0.1) is 0 Å². The van der Waals surface area contributed by atoms with Crippen molar-refractivity contribution >= 4 is 5.91 Å². The van der Waals surface area contributed by atoms with Crippen molar-refractivity contribution in [2.75, 3.05) is 27.2 Å². The Morgan fingerprint density at radius 1 is 1.18 bits per heavy atom. The monoisotopic (exact) mass is 234 g/mol. The van der Waals surface area contributed by atoms with Crippen LogP contribution in [0.1, 0.15) is 18.1 Å². The minimum atomic E-state index is 0.0936. The molecule has 0 atom stereocenters. The predicted molar refractivity (Wildman–Crippen MR) is 71.1 cm³/mol. The number of carbonyl (C=O) groups excluding carboxylic acids is 1.